The second-order valence-corrected chi connectivity index (χ2v) is 4.59. The maximum absolute atomic E-state index is 14.1. The molecule has 0 aliphatic rings. The molecule has 100 valence electrons. The van der Waals surface area contributed by atoms with E-state index in [9.17, 15) is 14.3 Å². The molecule has 0 fully saturated rings. The Morgan fingerprint density at radius 3 is 2.50 bits per heavy atom. The van der Waals surface area contributed by atoms with Gasteiger partial charge < -0.3 is 9.52 Å². The van der Waals surface area contributed by atoms with Crippen LogP contribution in [0.1, 0.15) is 5.56 Å². The molecule has 0 atom stereocenters. The SMILES string of the molecule is Cc1ccc2occ(-c3ccc(O)cc3)c(=O)c2c1F. The van der Waals surface area contributed by atoms with Crippen LogP contribution in [0, 0.1) is 12.7 Å². The molecule has 0 bridgehead atoms. The molecule has 3 aromatic rings. The third-order valence-electron chi connectivity index (χ3n) is 3.25. The topological polar surface area (TPSA) is 50.4 Å². The van der Waals surface area contributed by atoms with E-state index in [1.54, 1.807) is 31.2 Å². The maximum Gasteiger partial charge on any atom is 0.203 e. The highest BCUT2D eigenvalue weighted by molar-refractivity contribution is 5.82. The number of aromatic hydroxyl groups is 1. The van der Waals surface area contributed by atoms with E-state index in [4.69, 9.17) is 4.42 Å². The van der Waals surface area contributed by atoms with Gasteiger partial charge in [-0.3, -0.25) is 4.79 Å². The summed E-state index contributed by atoms with van der Waals surface area (Å²) < 4.78 is 19.5. The fraction of sp³-hybridized carbons (Fsp3) is 0.0625. The van der Waals surface area contributed by atoms with Gasteiger partial charge in [0.1, 0.15) is 28.8 Å². The molecule has 0 aliphatic carbocycles. The zero-order chi connectivity index (χ0) is 14.3. The summed E-state index contributed by atoms with van der Waals surface area (Å²) in [5, 5.41) is 9.22. The summed E-state index contributed by atoms with van der Waals surface area (Å²) in [6.45, 7) is 1.60. The van der Waals surface area contributed by atoms with Crippen LogP contribution in [0.2, 0.25) is 0 Å². The van der Waals surface area contributed by atoms with Crippen molar-refractivity contribution in [1.29, 1.82) is 0 Å². The minimum absolute atomic E-state index is 0.0458. The lowest BCUT2D eigenvalue weighted by Gasteiger charge is -2.05. The number of hydrogen-bond acceptors (Lipinski definition) is 3. The molecule has 3 rings (SSSR count). The first-order valence-electron chi connectivity index (χ1n) is 6.08. The van der Waals surface area contributed by atoms with Crippen molar-refractivity contribution >= 4 is 11.0 Å². The van der Waals surface area contributed by atoms with Gasteiger partial charge in [0, 0.05) is 0 Å². The Hall–Kier alpha value is -2.62. The Kier molecular flexibility index (Phi) is 2.79. The van der Waals surface area contributed by atoms with E-state index in [-0.39, 0.29) is 22.3 Å². The molecule has 0 saturated heterocycles. The fourth-order valence-corrected chi connectivity index (χ4v) is 2.12. The van der Waals surface area contributed by atoms with Gasteiger partial charge in [-0.05, 0) is 36.2 Å². The Morgan fingerprint density at radius 2 is 1.80 bits per heavy atom. The molecule has 2 aromatic carbocycles. The summed E-state index contributed by atoms with van der Waals surface area (Å²) in [6.07, 6.45) is 1.31. The zero-order valence-electron chi connectivity index (χ0n) is 10.7. The second-order valence-electron chi connectivity index (χ2n) is 4.59. The van der Waals surface area contributed by atoms with Gasteiger partial charge >= 0.3 is 0 Å². The fourth-order valence-electron chi connectivity index (χ4n) is 2.12. The lowest BCUT2D eigenvalue weighted by molar-refractivity contribution is 0.475. The number of phenolic OH excluding ortho intramolecular Hbond substituents is 1. The largest absolute Gasteiger partial charge is 0.508 e. The molecule has 0 spiro atoms. The van der Waals surface area contributed by atoms with Gasteiger partial charge in [-0.2, -0.15) is 0 Å². The monoisotopic (exact) mass is 270 g/mol. The Balaban J connectivity index is 2.34. The van der Waals surface area contributed by atoms with E-state index in [2.05, 4.69) is 0 Å². The number of hydrogen-bond donors (Lipinski definition) is 1. The summed E-state index contributed by atoms with van der Waals surface area (Å²) >= 11 is 0. The summed E-state index contributed by atoms with van der Waals surface area (Å²) in [4.78, 5) is 12.4. The molecule has 4 heteroatoms. The summed E-state index contributed by atoms with van der Waals surface area (Å²) in [7, 11) is 0. The number of aryl methyl sites for hydroxylation is 1. The first-order chi connectivity index (χ1) is 9.58. The number of fused-ring (bicyclic) bond motifs is 1. The highest BCUT2D eigenvalue weighted by Gasteiger charge is 2.14. The van der Waals surface area contributed by atoms with Crippen LogP contribution in [-0.4, -0.2) is 5.11 Å². The molecule has 3 nitrogen and oxygen atoms in total. The molecule has 0 saturated carbocycles. The molecular weight excluding hydrogens is 259 g/mol. The van der Waals surface area contributed by atoms with Gasteiger partial charge in [-0.25, -0.2) is 4.39 Å². The first-order valence-corrected chi connectivity index (χ1v) is 6.08. The quantitative estimate of drug-likeness (QED) is 0.734. The smallest absolute Gasteiger partial charge is 0.203 e. The van der Waals surface area contributed by atoms with Crippen molar-refractivity contribution in [2.45, 2.75) is 6.92 Å². The van der Waals surface area contributed by atoms with E-state index >= 15 is 0 Å². The second kappa shape index (κ2) is 4.49. The van der Waals surface area contributed by atoms with E-state index < -0.39 is 11.2 Å². The average molecular weight is 270 g/mol. The maximum atomic E-state index is 14.1. The molecule has 1 heterocycles. The molecule has 1 aromatic heterocycles. The predicted octanol–water partition coefficient (Wildman–Crippen LogP) is 3.61. The number of rotatable bonds is 1. The summed E-state index contributed by atoms with van der Waals surface area (Å²) in [6, 6.07) is 9.25. The zero-order valence-corrected chi connectivity index (χ0v) is 10.7. The van der Waals surface area contributed by atoms with Crippen molar-refractivity contribution in [3.05, 3.63) is 64.3 Å². The van der Waals surface area contributed by atoms with Gasteiger partial charge in [0.05, 0.1) is 5.56 Å². The summed E-state index contributed by atoms with van der Waals surface area (Å²) in [5.74, 6) is -0.460. The van der Waals surface area contributed by atoms with Gasteiger partial charge in [0.25, 0.3) is 0 Å². The van der Waals surface area contributed by atoms with Gasteiger partial charge in [0.2, 0.25) is 5.43 Å². The van der Waals surface area contributed by atoms with Crippen molar-refractivity contribution in [2.24, 2.45) is 0 Å². The Labute approximate surface area is 113 Å². The van der Waals surface area contributed by atoms with E-state index in [1.165, 1.54) is 18.4 Å². The van der Waals surface area contributed by atoms with E-state index in [0.29, 0.717) is 11.1 Å². The molecule has 0 aliphatic heterocycles. The summed E-state index contributed by atoms with van der Waals surface area (Å²) in [5.41, 5.74) is 1.03. The van der Waals surface area contributed by atoms with Crippen LogP contribution < -0.4 is 5.43 Å². The van der Waals surface area contributed by atoms with Crippen molar-refractivity contribution in [3.63, 3.8) is 0 Å². The average Bonchev–Trinajstić information content (AvgIpc) is 2.44. The molecule has 20 heavy (non-hydrogen) atoms. The van der Waals surface area contributed by atoms with Gasteiger partial charge in [-0.15, -0.1) is 0 Å². The standard InChI is InChI=1S/C16H11FO3/c1-9-2-7-13-14(15(9)17)16(19)12(8-20-13)10-3-5-11(18)6-4-10/h2-8,18H,1H3. The normalized spacial score (nSPS) is 10.9. The van der Waals surface area contributed by atoms with Crippen LogP contribution >= 0.6 is 0 Å². The third-order valence-corrected chi connectivity index (χ3v) is 3.25. The van der Waals surface area contributed by atoms with Crippen molar-refractivity contribution < 1.29 is 13.9 Å². The minimum atomic E-state index is -0.558. The van der Waals surface area contributed by atoms with Crippen LogP contribution in [0.5, 0.6) is 5.75 Å². The van der Waals surface area contributed by atoms with Gasteiger partial charge in [0.15, 0.2) is 0 Å². The minimum Gasteiger partial charge on any atom is -0.508 e. The molecule has 1 N–H and O–H groups in total. The van der Waals surface area contributed by atoms with Crippen LogP contribution in [-0.2, 0) is 0 Å². The number of benzene rings is 2. The van der Waals surface area contributed by atoms with Gasteiger partial charge in [-0.1, -0.05) is 18.2 Å². The lowest BCUT2D eigenvalue weighted by atomic mass is 10.0. The molecule has 0 amide bonds. The highest BCUT2D eigenvalue weighted by Crippen LogP contribution is 2.24. The van der Waals surface area contributed by atoms with Crippen molar-refractivity contribution in [2.75, 3.05) is 0 Å². The predicted molar refractivity (Wildman–Crippen MR) is 74.3 cm³/mol. The first kappa shape index (κ1) is 12.4. The van der Waals surface area contributed by atoms with Crippen molar-refractivity contribution in [1.82, 2.24) is 0 Å². The third kappa shape index (κ3) is 1.86. The van der Waals surface area contributed by atoms with E-state index in [1.807, 2.05) is 0 Å². The highest BCUT2D eigenvalue weighted by atomic mass is 19.1. The van der Waals surface area contributed by atoms with Crippen LogP contribution in [0.3, 0.4) is 0 Å². The van der Waals surface area contributed by atoms with Crippen molar-refractivity contribution in [3.8, 4) is 16.9 Å². The molecule has 0 radical (unpaired) electrons. The van der Waals surface area contributed by atoms with Crippen LogP contribution in [0.15, 0.2) is 51.9 Å². The van der Waals surface area contributed by atoms with Crippen LogP contribution in [0.4, 0.5) is 4.39 Å². The number of phenols is 1. The van der Waals surface area contributed by atoms with E-state index in [0.717, 1.165) is 0 Å². The Morgan fingerprint density at radius 1 is 1.10 bits per heavy atom. The Bertz CT molecular complexity index is 848. The molecular formula is C16H11FO3. The number of halogens is 1. The lowest BCUT2D eigenvalue weighted by Crippen LogP contribution is -2.07. The molecule has 0 unspecified atom stereocenters. The van der Waals surface area contributed by atoms with Crippen LogP contribution in [0.25, 0.3) is 22.1 Å².